The van der Waals surface area contributed by atoms with Crippen LogP contribution in [0.1, 0.15) is 39.4 Å². The van der Waals surface area contributed by atoms with E-state index in [0.29, 0.717) is 11.6 Å². The first-order chi connectivity index (χ1) is 7.97. The number of hydrogen-bond acceptors (Lipinski definition) is 4. The lowest BCUT2D eigenvalue weighted by Gasteiger charge is -2.34. The lowest BCUT2D eigenvalue weighted by atomic mass is 9.96. The number of hydrogen-bond donors (Lipinski definition) is 2. The Balaban J connectivity index is 3.12. The Morgan fingerprint density at radius 1 is 1.59 bits per heavy atom. The summed E-state index contributed by atoms with van der Waals surface area (Å²) in [6.07, 6.45) is 1.63. The van der Waals surface area contributed by atoms with Gasteiger partial charge in [-0.2, -0.15) is 5.10 Å². The van der Waals surface area contributed by atoms with E-state index in [9.17, 15) is 0 Å². The fourth-order valence-corrected chi connectivity index (χ4v) is 2.23. The van der Waals surface area contributed by atoms with Crippen LogP contribution >= 0.6 is 11.6 Å². The second-order valence-corrected chi connectivity index (χ2v) is 4.74. The van der Waals surface area contributed by atoms with Crippen molar-refractivity contribution in [1.29, 1.82) is 0 Å². The topological polar surface area (TPSA) is 65.1 Å². The largest absolute Gasteiger partial charge is 0.374 e. The van der Waals surface area contributed by atoms with E-state index in [0.717, 1.165) is 12.2 Å². The maximum Gasteiger partial charge on any atom is 0.0928 e. The quantitative estimate of drug-likeness (QED) is 0.605. The number of nitrogens with one attached hydrogen (secondary N) is 1. The number of hydrazine groups is 1. The molecule has 1 rings (SSSR count). The number of nitrogens with zero attached hydrogens (tertiary/aromatic N) is 2. The van der Waals surface area contributed by atoms with Crippen LogP contribution in [0, 0.1) is 0 Å². The lowest BCUT2D eigenvalue weighted by molar-refractivity contribution is -0.0412. The van der Waals surface area contributed by atoms with E-state index in [1.807, 2.05) is 32.4 Å². The van der Waals surface area contributed by atoms with Gasteiger partial charge in [0.1, 0.15) is 0 Å². The lowest BCUT2D eigenvalue weighted by Crippen LogP contribution is -2.45. The highest BCUT2D eigenvalue weighted by Gasteiger charge is 2.34. The second-order valence-electron chi connectivity index (χ2n) is 4.33. The van der Waals surface area contributed by atoms with Crippen LogP contribution in [0.5, 0.6) is 0 Å². The summed E-state index contributed by atoms with van der Waals surface area (Å²) in [5.74, 6) is 5.64. The summed E-state index contributed by atoms with van der Waals surface area (Å²) in [4.78, 5) is 0. The number of aryl methyl sites for hydroxylation is 1. The molecule has 1 atom stereocenters. The molecule has 0 aliphatic rings. The van der Waals surface area contributed by atoms with Crippen LogP contribution in [-0.2, 0) is 11.3 Å². The Morgan fingerprint density at radius 2 is 2.24 bits per heavy atom. The zero-order chi connectivity index (χ0) is 13.1. The molecule has 3 N–H and O–H groups in total. The predicted molar refractivity (Wildman–Crippen MR) is 68.7 cm³/mol. The van der Waals surface area contributed by atoms with Gasteiger partial charge in [0.2, 0.25) is 0 Å². The molecule has 1 heterocycles. The Bertz CT molecular complexity index is 364. The number of ether oxygens (including phenoxy) is 1. The molecular formula is C11H21ClN4O. The molecule has 0 aliphatic carbocycles. The second kappa shape index (κ2) is 5.82. The van der Waals surface area contributed by atoms with Crippen LogP contribution in [0.4, 0.5) is 0 Å². The van der Waals surface area contributed by atoms with Crippen molar-refractivity contribution in [2.75, 3.05) is 6.61 Å². The highest BCUT2D eigenvalue weighted by molar-refractivity contribution is 6.31. The first-order valence-corrected chi connectivity index (χ1v) is 6.17. The minimum absolute atomic E-state index is 0.211. The number of rotatable bonds is 6. The average molecular weight is 261 g/mol. The summed E-state index contributed by atoms with van der Waals surface area (Å²) in [5.41, 5.74) is 3.17. The molecule has 0 spiro atoms. The molecule has 0 aromatic carbocycles. The van der Waals surface area contributed by atoms with Gasteiger partial charge in [-0.3, -0.25) is 10.5 Å². The Morgan fingerprint density at radius 3 is 2.71 bits per heavy atom. The van der Waals surface area contributed by atoms with E-state index in [2.05, 4.69) is 10.5 Å². The maximum atomic E-state index is 6.17. The monoisotopic (exact) mass is 260 g/mol. The number of aromatic nitrogens is 2. The van der Waals surface area contributed by atoms with Crippen LogP contribution < -0.4 is 11.3 Å². The van der Waals surface area contributed by atoms with Gasteiger partial charge >= 0.3 is 0 Å². The maximum absolute atomic E-state index is 6.17. The summed E-state index contributed by atoms with van der Waals surface area (Å²) >= 11 is 6.17. The van der Waals surface area contributed by atoms with Crippen molar-refractivity contribution in [1.82, 2.24) is 15.2 Å². The summed E-state index contributed by atoms with van der Waals surface area (Å²) in [6.45, 7) is 9.27. The van der Waals surface area contributed by atoms with Gasteiger partial charge in [0.15, 0.2) is 0 Å². The van der Waals surface area contributed by atoms with Crippen LogP contribution in [0.15, 0.2) is 6.20 Å². The summed E-state index contributed by atoms with van der Waals surface area (Å²) < 4.78 is 7.55. The van der Waals surface area contributed by atoms with Gasteiger partial charge < -0.3 is 4.74 Å². The molecule has 1 aromatic rings. The molecule has 0 saturated heterocycles. The Kier molecular flexibility index (Phi) is 4.94. The zero-order valence-electron chi connectivity index (χ0n) is 10.8. The molecule has 0 bridgehead atoms. The van der Waals surface area contributed by atoms with Crippen molar-refractivity contribution in [3.05, 3.63) is 16.9 Å². The van der Waals surface area contributed by atoms with Gasteiger partial charge in [0.05, 0.1) is 28.6 Å². The smallest absolute Gasteiger partial charge is 0.0928 e. The Labute approximate surface area is 107 Å². The Hall–Kier alpha value is -0.620. The highest BCUT2D eigenvalue weighted by Crippen LogP contribution is 2.32. The van der Waals surface area contributed by atoms with Gasteiger partial charge in [0.25, 0.3) is 0 Å². The van der Waals surface area contributed by atoms with Gasteiger partial charge in [0, 0.05) is 13.2 Å². The van der Waals surface area contributed by atoms with E-state index in [-0.39, 0.29) is 6.04 Å². The van der Waals surface area contributed by atoms with Crippen molar-refractivity contribution in [3.8, 4) is 0 Å². The molecule has 0 amide bonds. The van der Waals surface area contributed by atoms with E-state index in [1.165, 1.54) is 0 Å². The molecule has 0 fully saturated rings. The standard InChI is InChI=1S/C11H21ClN4O/c1-5-16-9(8(12)7-14-16)10(15-13)11(3,4)17-6-2/h7,10,15H,5-6,13H2,1-4H3. The van der Waals surface area contributed by atoms with E-state index >= 15 is 0 Å². The summed E-state index contributed by atoms with van der Waals surface area (Å²) in [5, 5.41) is 4.81. The minimum atomic E-state index is -0.458. The third-order valence-electron chi connectivity index (χ3n) is 2.78. The van der Waals surface area contributed by atoms with Crippen molar-refractivity contribution in [2.24, 2.45) is 5.84 Å². The molecule has 98 valence electrons. The van der Waals surface area contributed by atoms with Crippen LogP contribution in [-0.4, -0.2) is 22.0 Å². The van der Waals surface area contributed by atoms with Gasteiger partial charge in [-0.05, 0) is 27.7 Å². The molecule has 6 heteroatoms. The fourth-order valence-electron chi connectivity index (χ4n) is 1.98. The summed E-state index contributed by atoms with van der Waals surface area (Å²) in [6, 6.07) is -0.211. The molecule has 17 heavy (non-hydrogen) atoms. The van der Waals surface area contributed by atoms with Gasteiger partial charge in [-0.15, -0.1) is 0 Å². The van der Waals surface area contributed by atoms with Crippen molar-refractivity contribution in [3.63, 3.8) is 0 Å². The van der Waals surface area contributed by atoms with Crippen molar-refractivity contribution >= 4 is 11.6 Å². The van der Waals surface area contributed by atoms with Gasteiger partial charge in [-0.25, -0.2) is 5.43 Å². The molecular weight excluding hydrogens is 240 g/mol. The summed E-state index contributed by atoms with van der Waals surface area (Å²) in [7, 11) is 0. The first-order valence-electron chi connectivity index (χ1n) is 5.79. The van der Waals surface area contributed by atoms with Crippen LogP contribution in [0.25, 0.3) is 0 Å². The molecule has 0 radical (unpaired) electrons. The van der Waals surface area contributed by atoms with Crippen LogP contribution in [0.2, 0.25) is 5.02 Å². The van der Waals surface area contributed by atoms with E-state index in [1.54, 1.807) is 6.20 Å². The molecule has 1 aromatic heterocycles. The third kappa shape index (κ3) is 2.98. The number of halogens is 1. The SMILES string of the molecule is CCOC(C)(C)C(NN)c1c(Cl)cnn1CC. The molecule has 0 aliphatic heterocycles. The van der Waals surface area contributed by atoms with Crippen molar-refractivity contribution < 1.29 is 4.74 Å². The van der Waals surface area contributed by atoms with Crippen LogP contribution in [0.3, 0.4) is 0 Å². The highest BCUT2D eigenvalue weighted by atomic mass is 35.5. The zero-order valence-corrected chi connectivity index (χ0v) is 11.6. The predicted octanol–water partition coefficient (Wildman–Crippen LogP) is 1.88. The number of nitrogens with two attached hydrogens (primary N) is 1. The van der Waals surface area contributed by atoms with Crippen molar-refractivity contribution in [2.45, 2.75) is 45.9 Å². The normalized spacial score (nSPS) is 14.0. The van der Waals surface area contributed by atoms with E-state index < -0.39 is 5.60 Å². The molecule has 5 nitrogen and oxygen atoms in total. The fraction of sp³-hybridized carbons (Fsp3) is 0.727. The third-order valence-corrected chi connectivity index (χ3v) is 3.08. The molecule has 0 saturated carbocycles. The van der Waals surface area contributed by atoms with E-state index in [4.69, 9.17) is 22.2 Å². The first kappa shape index (κ1) is 14.4. The van der Waals surface area contributed by atoms with Gasteiger partial charge in [-0.1, -0.05) is 11.6 Å². The minimum Gasteiger partial charge on any atom is -0.374 e. The average Bonchev–Trinajstić information content (AvgIpc) is 2.61. The molecule has 1 unspecified atom stereocenters.